The second-order valence-corrected chi connectivity index (χ2v) is 6.09. The molecule has 130 valence electrons. The smallest absolute Gasteiger partial charge is 0.292 e. The fourth-order valence-electron chi connectivity index (χ4n) is 2.05. The van der Waals surface area contributed by atoms with E-state index in [0.717, 1.165) is 10.6 Å². The summed E-state index contributed by atoms with van der Waals surface area (Å²) in [5.74, 6) is -0.340. The summed E-state index contributed by atoms with van der Waals surface area (Å²) in [6.07, 6.45) is 0.566. The fourth-order valence-corrected chi connectivity index (χ4v) is 2.74. The highest BCUT2D eigenvalue weighted by Crippen LogP contribution is 2.22. The summed E-state index contributed by atoms with van der Waals surface area (Å²) < 4.78 is 4.73. The van der Waals surface area contributed by atoms with Crippen molar-refractivity contribution in [1.29, 1.82) is 0 Å². The average Bonchev–Trinajstić information content (AvgIpc) is 3.34. The van der Waals surface area contributed by atoms with Gasteiger partial charge in [0.25, 0.3) is 17.6 Å². The highest BCUT2D eigenvalue weighted by molar-refractivity contribution is 7.13. The van der Waals surface area contributed by atoms with Crippen LogP contribution in [0.5, 0.6) is 0 Å². The molecule has 0 bridgehead atoms. The molecule has 0 radical (unpaired) electrons. The van der Waals surface area contributed by atoms with Crippen LogP contribution in [-0.4, -0.2) is 45.2 Å². The molecule has 0 aliphatic rings. The zero-order valence-electron chi connectivity index (χ0n) is 13.4. The van der Waals surface area contributed by atoms with Gasteiger partial charge >= 0.3 is 0 Å². The third-order valence-electron chi connectivity index (χ3n) is 3.25. The summed E-state index contributed by atoms with van der Waals surface area (Å²) in [7, 11) is 0. The van der Waals surface area contributed by atoms with Gasteiger partial charge in [0.05, 0.1) is 10.6 Å². The SMILES string of the molecule is Cc1nc(C(=O)NCCCNC(=O)c2cc(-c3cccs3)[nH]n2)no1. The Labute approximate surface area is 146 Å². The van der Waals surface area contributed by atoms with Crippen LogP contribution in [0.25, 0.3) is 10.6 Å². The molecule has 3 heterocycles. The molecule has 3 aromatic rings. The van der Waals surface area contributed by atoms with Crippen molar-refractivity contribution in [3.05, 3.63) is 41.0 Å². The van der Waals surface area contributed by atoms with Crippen LogP contribution in [0.15, 0.2) is 28.1 Å². The van der Waals surface area contributed by atoms with Gasteiger partial charge in [-0.15, -0.1) is 11.3 Å². The van der Waals surface area contributed by atoms with E-state index >= 15 is 0 Å². The lowest BCUT2D eigenvalue weighted by Crippen LogP contribution is -2.30. The van der Waals surface area contributed by atoms with E-state index in [0.29, 0.717) is 31.1 Å². The number of thiophene rings is 1. The maximum absolute atomic E-state index is 12.0. The number of carbonyl (C=O) groups excluding carboxylic acids is 2. The van der Waals surface area contributed by atoms with Gasteiger partial charge in [-0.3, -0.25) is 14.7 Å². The van der Waals surface area contributed by atoms with Crippen molar-refractivity contribution in [3.8, 4) is 10.6 Å². The van der Waals surface area contributed by atoms with Crippen molar-refractivity contribution < 1.29 is 14.1 Å². The Morgan fingerprint density at radius 3 is 2.76 bits per heavy atom. The van der Waals surface area contributed by atoms with E-state index in [1.165, 1.54) is 0 Å². The maximum atomic E-state index is 12.0. The van der Waals surface area contributed by atoms with E-state index < -0.39 is 5.91 Å². The molecule has 0 aliphatic heterocycles. The summed E-state index contributed by atoms with van der Waals surface area (Å²) >= 11 is 1.57. The van der Waals surface area contributed by atoms with E-state index in [9.17, 15) is 9.59 Å². The normalized spacial score (nSPS) is 10.6. The van der Waals surface area contributed by atoms with Crippen molar-refractivity contribution in [1.82, 2.24) is 31.0 Å². The van der Waals surface area contributed by atoms with Gasteiger partial charge < -0.3 is 15.2 Å². The molecular weight excluding hydrogens is 344 g/mol. The number of hydrogen-bond donors (Lipinski definition) is 3. The lowest BCUT2D eigenvalue weighted by molar-refractivity contribution is 0.0939. The number of amides is 2. The topological polar surface area (TPSA) is 126 Å². The summed E-state index contributed by atoms with van der Waals surface area (Å²) in [4.78, 5) is 28.6. The summed E-state index contributed by atoms with van der Waals surface area (Å²) in [6, 6.07) is 5.60. The molecule has 3 aromatic heterocycles. The Hall–Kier alpha value is -3.01. The minimum Gasteiger partial charge on any atom is -0.351 e. The number of carbonyl (C=O) groups is 2. The van der Waals surface area contributed by atoms with E-state index in [2.05, 4.69) is 31.0 Å². The molecule has 0 unspecified atom stereocenters. The number of H-pyrrole nitrogens is 1. The maximum Gasteiger partial charge on any atom is 0.292 e. The van der Waals surface area contributed by atoms with Crippen LogP contribution in [0.1, 0.15) is 33.4 Å². The fraction of sp³-hybridized carbons (Fsp3) is 0.267. The number of nitrogens with zero attached hydrogens (tertiary/aromatic N) is 3. The monoisotopic (exact) mass is 360 g/mol. The molecule has 3 rings (SSSR count). The number of aryl methyl sites for hydroxylation is 1. The van der Waals surface area contributed by atoms with Gasteiger partial charge in [0.2, 0.25) is 5.89 Å². The van der Waals surface area contributed by atoms with Gasteiger partial charge in [-0.05, 0) is 23.9 Å². The molecule has 0 aliphatic carbocycles. The number of aromatic nitrogens is 4. The van der Waals surface area contributed by atoms with Crippen LogP contribution < -0.4 is 10.6 Å². The quantitative estimate of drug-likeness (QED) is 0.547. The third-order valence-corrected chi connectivity index (χ3v) is 4.16. The van der Waals surface area contributed by atoms with E-state index in [-0.39, 0.29) is 11.7 Å². The van der Waals surface area contributed by atoms with Crippen LogP contribution in [0.2, 0.25) is 0 Å². The van der Waals surface area contributed by atoms with Crippen LogP contribution in [0.3, 0.4) is 0 Å². The van der Waals surface area contributed by atoms with Crippen molar-refractivity contribution in [2.24, 2.45) is 0 Å². The molecule has 10 heteroatoms. The first kappa shape index (κ1) is 16.8. The Morgan fingerprint density at radius 2 is 2.08 bits per heavy atom. The highest BCUT2D eigenvalue weighted by atomic mass is 32.1. The minimum atomic E-state index is -0.406. The third kappa shape index (κ3) is 4.29. The highest BCUT2D eigenvalue weighted by Gasteiger charge is 2.13. The van der Waals surface area contributed by atoms with Crippen molar-refractivity contribution in [2.45, 2.75) is 13.3 Å². The molecule has 0 atom stereocenters. The number of hydrogen-bond acceptors (Lipinski definition) is 7. The molecule has 0 fully saturated rings. The number of nitrogens with one attached hydrogen (secondary N) is 3. The minimum absolute atomic E-state index is 0.000773. The van der Waals surface area contributed by atoms with Crippen molar-refractivity contribution in [3.63, 3.8) is 0 Å². The molecular formula is C15H16N6O3S. The predicted molar refractivity (Wildman–Crippen MR) is 90.2 cm³/mol. The molecule has 0 saturated carbocycles. The summed E-state index contributed by atoms with van der Waals surface area (Å²) in [5.41, 5.74) is 1.14. The molecule has 3 N–H and O–H groups in total. The standard InChI is InChI=1S/C15H16N6O3S/c1-9-18-13(21-24-9)15(23)17-6-3-5-16-14(22)11-8-10(19-20-11)12-4-2-7-25-12/h2,4,7-8H,3,5-6H2,1H3,(H,16,22)(H,17,23)(H,19,20). The first-order chi connectivity index (χ1) is 12.1. The molecule has 2 amide bonds. The lowest BCUT2D eigenvalue weighted by Gasteiger charge is -2.04. The second-order valence-electron chi connectivity index (χ2n) is 5.15. The van der Waals surface area contributed by atoms with E-state index in [4.69, 9.17) is 4.52 Å². The molecule has 0 aromatic carbocycles. The predicted octanol–water partition coefficient (Wildman–Crippen LogP) is 1.38. The van der Waals surface area contributed by atoms with Crippen molar-refractivity contribution >= 4 is 23.2 Å². The number of aromatic amines is 1. The zero-order chi connectivity index (χ0) is 17.6. The zero-order valence-corrected chi connectivity index (χ0v) is 14.2. The lowest BCUT2D eigenvalue weighted by atomic mass is 10.3. The molecule has 0 spiro atoms. The molecule has 25 heavy (non-hydrogen) atoms. The van der Waals surface area contributed by atoms with Gasteiger partial charge in [0.15, 0.2) is 5.69 Å². The Balaban J connectivity index is 1.39. The Bertz CT molecular complexity index is 854. The van der Waals surface area contributed by atoms with Crippen LogP contribution in [0.4, 0.5) is 0 Å². The van der Waals surface area contributed by atoms with Crippen LogP contribution >= 0.6 is 11.3 Å². The summed E-state index contributed by atoms with van der Waals surface area (Å²) in [6.45, 7) is 2.40. The summed E-state index contributed by atoms with van der Waals surface area (Å²) in [5, 5.41) is 17.8. The largest absolute Gasteiger partial charge is 0.351 e. The average molecular weight is 360 g/mol. The van der Waals surface area contributed by atoms with E-state index in [1.54, 1.807) is 24.3 Å². The Morgan fingerprint density at radius 1 is 1.28 bits per heavy atom. The first-order valence-electron chi connectivity index (χ1n) is 7.59. The molecule has 9 nitrogen and oxygen atoms in total. The van der Waals surface area contributed by atoms with Gasteiger partial charge in [-0.25, -0.2) is 0 Å². The molecule has 0 saturated heterocycles. The van der Waals surface area contributed by atoms with Crippen molar-refractivity contribution in [2.75, 3.05) is 13.1 Å². The second kappa shape index (κ2) is 7.71. The van der Waals surface area contributed by atoms with Gasteiger partial charge in [0, 0.05) is 20.0 Å². The van der Waals surface area contributed by atoms with Gasteiger partial charge in [0.1, 0.15) is 0 Å². The van der Waals surface area contributed by atoms with Crippen LogP contribution in [0, 0.1) is 6.92 Å². The number of rotatable bonds is 7. The van der Waals surface area contributed by atoms with Gasteiger partial charge in [-0.1, -0.05) is 11.2 Å². The Kier molecular flexibility index (Phi) is 5.19. The van der Waals surface area contributed by atoms with Crippen LogP contribution in [-0.2, 0) is 0 Å². The first-order valence-corrected chi connectivity index (χ1v) is 8.47. The van der Waals surface area contributed by atoms with E-state index in [1.807, 2.05) is 17.5 Å². The van der Waals surface area contributed by atoms with Gasteiger partial charge in [-0.2, -0.15) is 10.1 Å².